The van der Waals surface area contributed by atoms with Crippen molar-refractivity contribution < 1.29 is 21.6 Å². The van der Waals surface area contributed by atoms with E-state index in [1.807, 2.05) is 4.72 Å². The van der Waals surface area contributed by atoms with Gasteiger partial charge in [0.05, 0.1) is 11.1 Å². The molecule has 2 aromatic carbocycles. The number of sulfonamides is 1. The summed E-state index contributed by atoms with van der Waals surface area (Å²) in [7, 11) is -4.09. The minimum Gasteiger partial charge on any atom is -0.277 e. The van der Waals surface area contributed by atoms with Crippen molar-refractivity contribution in [3.8, 4) is 0 Å². The molecule has 22 heavy (non-hydrogen) atoms. The van der Waals surface area contributed by atoms with Crippen LogP contribution >= 0.6 is 11.6 Å². The molecule has 0 radical (unpaired) electrons. The summed E-state index contributed by atoms with van der Waals surface area (Å²) in [5.74, 6) is -4.76. The molecule has 2 aromatic rings. The Hall–Kier alpha value is -1.99. The Morgan fingerprint density at radius 1 is 0.955 bits per heavy atom. The molecule has 0 heterocycles. The van der Waals surface area contributed by atoms with Gasteiger partial charge in [-0.2, -0.15) is 0 Å². The first kappa shape index (κ1) is 16.4. The molecule has 0 aliphatic heterocycles. The number of halogens is 4. The Morgan fingerprint density at radius 2 is 1.59 bits per heavy atom. The van der Waals surface area contributed by atoms with Crippen molar-refractivity contribution in [1.29, 1.82) is 0 Å². The van der Waals surface area contributed by atoms with Crippen LogP contribution in [0.3, 0.4) is 0 Å². The summed E-state index contributed by atoms with van der Waals surface area (Å²) in [5.41, 5.74) is -0.139. The number of hydrogen-bond acceptors (Lipinski definition) is 2. The van der Waals surface area contributed by atoms with Gasteiger partial charge < -0.3 is 0 Å². The molecule has 0 bridgehead atoms. The minimum absolute atomic E-state index is 0.488. The number of benzene rings is 2. The highest BCUT2D eigenvalue weighted by atomic mass is 35.5. The van der Waals surface area contributed by atoms with E-state index in [-0.39, 0.29) is 0 Å². The fraction of sp³-hybridized carbons (Fsp3) is 0. The van der Waals surface area contributed by atoms with Gasteiger partial charge >= 0.3 is 0 Å². The first-order valence-electron chi connectivity index (χ1n) is 5.88. The van der Waals surface area contributed by atoms with Crippen molar-refractivity contribution in [1.82, 2.24) is 0 Å². The van der Waals surface area contributed by atoms with Crippen molar-refractivity contribution in [2.45, 2.75) is 0 Å². The van der Waals surface area contributed by atoms with Crippen LogP contribution in [-0.2, 0) is 10.0 Å². The number of anilines is 1. The first-order valence-corrected chi connectivity index (χ1v) is 7.81. The highest BCUT2D eigenvalue weighted by Crippen LogP contribution is 2.21. The van der Waals surface area contributed by atoms with E-state index < -0.39 is 33.2 Å². The summed E-state index contributed by atoms with van der Waals surface area (Å²) in [4.78, 5) is 0. The Kier molecular flexibility index (Phi) is 4.77. The third-order valence-electron chi connectivity index (χ3n) is 2.60. The lowest BCUT2D eigenvalue weighted by Crippen LogP contribution is -2.11. The van der Waals surface area contributed by atoms with E-state index in [9.17, 15) is 21.6 Å². The second-order valence-electron chi connectivity index (χ2n) is 4.22. The molecule has 0 spiro atoms. The van der Waals surface area contributed by atoms with Crippen LogP contribution < -0.4 is 4.72 Å². The standard InChI is InChI=1S/C14H9ClF3NO2S/c15-10-3-1-9(2-4-10)7-8-22(20,21)19-12-6-5-11(16)13(17)14(12)18/h1-8,19H/b8-7+. The van der Waals surface area contributed by atoms with Gasteiger partial charge in [0.25, 0.3) is 10.0 Å². The van der Waals surface area contributed by atoms with Crippen LogP contribution in [0.4, 0.5) is 18.9 Å². The fourth-order valence-electron chi connectivity index (χ4n) is 1.53. The zero-order chi connectivity index (χ0) is 16.3. The number of hydrogen-bond donors (Lipinski definition) is 1. The normalized spacial score (nSPS) is 11.8. The molecule has 0 saturated heterocycles. The van der Waals surface area contributed by atoms with Gasteiger partial charge in [0.2, 0.25) is 0 Å². The molecule has 0 aliphatic rings. The lowest BCUT2D eigenvalue weighted by Gasteiger charge is -2.06. The van der Waals surface area contributed by atoms with Crippen molar-refractivity contribution in [3.63, 3.8) is 0 Å². The summed E-state index contributed by atoms with van der Waals surface area (Å²) in [6.45, 7) is 0. The van der Waals surface area contributed by atoms with E-state index in [0.717, 1.165) is 11.5 Å². The molecule has 3 nitrogen and oxygen atoms in total. The van der Waals surface area contributed by atoms with E-state index in [4.69, 9.17) is 11.6 Å². The Balaban J connectivity index is 2.21. The molecule has 1 N–H and O–H groups in total. The topological polar surface area (TPSA) is 46.2 Å². The average molecular weight is 348 g/mol. The molecule has 0 aromatic heterocycles. The third kappa shape index (κ3) is 4.02. The number of rotatable bonds is 4. The molecule has 0 fully saturated rings. The van der Waals surface area contributed by atoms with Gasteiger partial charge in [0.1, 0.15) is 0 Å². The van der Waals surface area contributed by atoms with Gasteiger partial charge in [-0.05, 0) is 35.9 Å². The van der Waals surface area contributed by atoms with Crippen LogP contribution in [0.5, 0.6) is 0 Å². The van der Waals surface area contributed by atoms with Crippen LogP contribution in [-0.4, -0.2) is 8.42 Å². The van der Waals surface area contributed by atoms with Crippen molar-refractivity contribution in [2.24, 2.45) is 0 Å². The van der Waals surface area contributed by atoms with E-state index >= 15 is 0 Å². The Labute approximate surface area is 130 Å². The van der Waals surface area contributed by atoms with Crippen molar-refractivity contribution in [3.05, 3.63) is 69.8 Å². The van der Waals surface area contributed by atoms with Gasteiger partial charge in [-0.3, -0.25) is 4.72 Å². The smallest absolute Gasteiger partial charge is 0.255 e. The average Bonchev–Trinajstić information content (AvgIpc) is 2.47. The predicted octanol–water partition coefficient (Wildman–Crippen LogP) is 4.17. The zero-order valence-electron chi connectivity index (χ0n) is 10.9. The summed E-state index contributed by atoms with van der Waals surface area (Å²) in [5, 5.41) is 1.26. The SMILES string of the molecule is O=S(=O)(/C=C/c1ccc(Cl)cc1)Nc1ccc(F)c(F)c1F. The van der Waals surface area contributed by atoms with Crippen LogP contribution in [0.1, 0.15) is 5.56 Å². The fourth-order valence-corrected chi connectivity index (χ4v) is 2.53. The molecule has 0 aliphatic carbocycles. The van der Waals surface area contributed by atoms with Gasteiger partial charge in [0, 0.05) is 5.02 Å². The highest BCUT2D eigenvalue weighted by molar-refractivity contribution is 7.95. The van der Waals surface area contributed by atoms with Crippen LogP contribution in [0.15, 0.2) is 41.8 Å². The lowest BCUT2D eigenvalue weighted by molar-refractivity contribution is 0.449. The van der Waals surface area contributed by atoms with E-state index in [1.54, 1.807) is 24.3 Å². The minimum atomic E-state index is -4.09. The number of nitrogens with one attached hydrogen (secondary N) is 1. The van der Waals surface area contributed by atoms with Gasteiger partial charge in [-0.25, -0.2) is 21.6 Å². The second kappa shape index (κ2) is 6.41. The molecule has 8 heteroatoms. The Morgan fingerprint density at radius 3 is 2.23 bits per heavy atom. The maximum atomic E-state index is 13.4. The van der Waals surface area contributed by atoms with Crippen LogP contribution in [0.2, 0.25) is 5.02 Å². The zero-order valence-corrected chi connectivity index (χ0v) is 12.4. The van der Waals surface area contributed by atoms with Crippen LogP contribution in [0.25, 0.3) is 6.08 Å². The van der Waals surface area contributed by atoms with Crippen molar-refractivity contribution in [2.75, 3.05) is 4.72 Å². The van der Waals surface area contributed by atoms with E-state index in [0.29, 0.717) is 16.7 Å². The van der Waals surface area contributed by atoms with E-state index in [2.05, 4.69) is 0 Å². The molecule has 0 atom stereocenters. The highest BCUT2D eigenvalue weighted by Gasteiger charge is 2.16. The largest absolute Gasteiger partial charge is 0.277 e. The molecule has 0 saturated carbocycles. The summed E-state index contributed by atoms with van der Waals surface area (Å²) in [6.07, 6.45) is 1.25. The summed E-state index contributed by atoms with van der Waals surface area (Å²) >= 11 is 5.69. The lowest BCUT2D eigenvalue weighted by atomic mass is 10.2. The van der Waals surface area contributed by atoms with Gasteiger partial charge in [0.15, 0.2) is 17.5 Å². The van der Waals surface area contributed by atoms with Gasteiger partial charge in [-0.1, -0.05) is 23.7 Å². The Bertz CT molecular complexity index is 821. The molecule has 0 amide bonds. The predicted molar refractivity (Wildman–Crippen MR) is 79.3 cm³/mol. The molecule has 0 unspecified atom stereocenters. The maximum Gasteiger partial charge on any atom is 0.255 e. The van der Waals surface area contributed by atoms with Gasteiger partial charge in [-0.15, -0.1) is 0 Å². The molecule has 116 valence electrons. The molecular weight excluding hydrogens is 339 g/mol. The first-order chi connectivity index (χ1) is 10.3. The van der Waals surface area contributed by atoms with Crippen LogP contribution in [0, 0.1) is 17.5 Å². The maximum absolute atomic E-state index is 13.4. The van der Waals surface area contributed by atoms with E-state index in [1.165, 1.54) is 6.08 Å². The van der Waals surface area contributed by atoms with Crippen molar-refractivity contribution >= 4 is 33.4 Å². The third-order valence-corrected chi connectivity index (χ3v) is 3.85. The monoisotopic (exact) mass is 347 g/mol. The summed E-state index contributed by atoms with van der Waals surface area (Å²) < 4.78 is 64.6. The molecular formula is C14H9ClF3NO2S. The summed E-state index contributed by atoms with van der Waals surface area (Å²) in [6, 6.07) is 7.70. The second-order valence-corrected chi connectivity index (χ2v) is 6.23. The molecule has 2 rings (SSSR count). The quantitative estimate of drug-likeness (QED) is 0.844.